The van der Waals surface area contributed by atoms with Gasteiger partial charge in [-0.2, -0.15) is 0 Å². The van der Waals surface area contributed by atoms with Crippen LogP contribution < -0.4 is 0 Å². The zero-order valence-corrected chi connectivity index (χ0v) is 16.7. The third kappa shape index (κ3) is 2.53. The number of aliphatic hydroxyl groups is 1. The second kappa shape index (κ2) is 6.58. The average Bonchev–Trinajstić information content (AvgIpc) is 2.71. The van der Waals surface area contributed by atoms with E-state index in [1.165, 1.54) is 6.92 Å². The molecule has 0 radical (unpaired) electrons. The van der Waals surface area contributed by atoms with Crippen LogP contribution >= 0.6 is 15.2 Å². The fourth-order valence-electron chi connectivity index (χ4n) is 4.10. The van der Waals surface area contributed by atoms with Crippen molar-refractivity contribution in [1.82, 2.24) is 0 Å². The second-order valence-electron chi connectivity index (χ2n) is 6.36. The van der Waals surface area contributed by atoms with Gasteiger partial charge in [0.2, 0.25) is 5.34 Å². The van der Waals surface area contributed by atoms with Crippen molar-refractivity contribution in [1.29, 1.82) is 0 Å². The summed E-state index contributed by atoms with van der Waals surface area (Å²) in [6, 6.07) is 8.19. The maximum atomic E-state index is 13.6. The Morgan fingerprint density at radius 3 is 2.08 bits per heavy atom. The van der Waals surface area contributed by atoms with E-state index < -0.39 is 31.3 Å². The van der Waals surface area contributed by atoms with Gasteiger partial charge in [0, 0.05) is 0 Å². The SMILES string of the molecule is CCOP1(=O)OC(C)(P(=O)(O)O)C(CC)(CC)C1(O)c1ccccc1. The molecule has 1 aliphatic heterocycles. The van der Waals surface area contributed by atoms with Crippen LogP contribution in [0.3, 0.4) is 0 Å². The van der Waals surface area contributed by atoms with Crippen molar-refractivity contribution < 1.29 is 33.1 Å². The van der Waals surface area contributed by atoms with E-state index in [-0.39, 0.29) is 25.0 Å². The maximum Gasteiger partial charge on any atom is 0.368 e. The normalized spacial score (nSPS) is 35.0. The van der Waals surface area contributed by atoms with Gasteiger partial charge in [-0.15, -0.1) is 0 Å². The smallest absolute Gasteiger partial charge is 0.368 e. The topological polar surface area (TPSA) is 113 Å². The summed E-state index contributed by atoms with van der Waals surface area (Å²) in [5, 5.41) is 7.43. The molecule has 3 unspecified atom stereocenters. The molecule has 1 fully saturated rings. The Bertz CT molecular complexity index is 712. The van der Waals surface area contributed by atoms with Gasteiger partial charge in [0.1, 0.15) is 0 Å². The van der Waals surface area contributed by atoms with Gasteiger partial charge in [0.15, 0.2) is 5.34 Å². The van der Waals surface area contributed by atoms with Gasteiger partial charge < -0.3 is 19.4 Å². The van der Waals surface area contributed by atoms with Gasteiger partial charge in [-0.3, -0.25) is 13.7 Å². The quantitative estimate of drug-likeness (QED) is 0.631. The lowest BCUT2D eigenvalue weighted by molar-refractivity contribution is -0.0725. The summed E-state index contributed by atoms with van der Waals surface area (Å²) >= 11 is 0. The number of rotatable bonds is 6. The third-order valence-electron chi connectivity index (χ3n) is 5.49. The van der Waals surface area contributed by atoms with Gasteiger partial charge in [0.25, 0.3) is 0 Å². The molecule has 9 heteroatoms. The van der Waals surface area contributed by atoms with Crippen LogP contribution in [0, 0.1) is 5.41 Å². The van der Waals surface area contributed by atoms with E-state index in [1.807, 2.05) is 0 Å². The van der Waals surface area contributed by atoms with E-state index in [1.54, 1.807) is 51.1 Å². The molecule has 3 N–H and O–H groups in total. The number of hydrogen-bond donors (Lipinski definition) is 3. The molecule has 0 aromatic heterocycles. The lowest BCUT2D eigenvalue weighted by atomic mass is 9.69. The molecule has 0 bridgehead atoms. The van der Waals surface area contributed by atoms with Crippen LogP contribution in [0.2, 0.25) is 0 Å². The van der Waals surface area contributed by atoms with Crippen molar-refractivity contribution in [2.45, 2.75) is 51.2 Å². The summed E-state index contributed by atoms with van der Waals surface area (Å²) in [4.78, 5) is 20.1. The maximum absolute atomic E-state index is 13.6. The Hall–Kier alpha value is -0.520. The van der Waals surface area contributed by atoms with Crippen molar-refractivity contribution in [2.24, 2.45) is 5.41 Å². The molecular formula is C16H26O7P2. The molecule has 0 amide bonds. The molecule has 1 aliphatic rings. The van der Waals surface area contributed by atoms with E-state index in [4.69, 9.17) is 9.05 Å². The lowest BCUT2D eigenvalue weighted by Gasteiger charge is -2.46. The van der Waals surface area contributed by atoms with E-state index in [0.717, 1.165) is 0 Å². The molecule has 1 heterocycles. The minimum absolute atomic E-state index is 0.0346. The summed E-state index contributed by atoms with van der Waals surface area (Å²) in [5.74, 6) is 0. The Kier molecular flexibility index (Phi) is 5.47. The van der Waals surface area contributed by atoms with Crippen LogP contribution in [-0.2, 0) is 23.5 Å². The zero-order chi connectivity index (χ0) is 19.1. The highest BCUT2D eigenvalue weighted by Crippen LogP contribution is 2.86. The van der Waals surface area contributed by atoms with Gasteiger partial charge in [0.05, 0.1) is 12.0 Å². The zero-order valence-electron chi connectivity index (χ0n) is 14.9. The van der Waals surface area contributed by atoms with Gasteiger partial charge in [-0.05, 0) is 32.3 Å². The first-order chi connectivity index (χ1) is 11.5. The Morgan fingerprint density at radius 1 is 1.16 bits per heavy atom. The summed E-state index contributed by atoms with van der Waals surface area (Å²) in [6.45, 7) is 6.15. The van der Waals surface area contributed by atoms with E-state index in [0.29, 0.717) is 0 Å². The standard InChI is InChI=1S/C16H26O7P2/c1-5-15(6-2)14(4,24(18,19)20)23-25(21,22-7-3)16(15,17)13-11-9-8-10-12-13/h8-12,17H,5-7H2,1-4H3,(H2,18,19,20). The lowest BCUT2D eigenvalue weighted by Crippen LogP contribution is -2.52. The van der Waals surface area contributed by atoms with Crippen molar-refractivity contribution in [3.8, 4) is 0 Å². The first kappa shape index (κ1) is 20.8. The molecule has 0 saturated carbocycles. The van der Waals surface area contributed by atoms with Crippen molar-refractivity contribution in [2.75, 3.05) is 6.61 Å². The largest absolute Gasteiger partial charge is 0.373 e. The average molecular weight is 392 g/mol. The molecule has 1 saturated heterocycles. The highest BCUT2D eigenvalue weighted by Gasteiger charge is 2.81. The van der Waals surface area contributed by atoms with Crippen LogP contribution in [0.25, 0.3) is 0 Å². The molecule has 25 heavy (non-hydrogen) atoms. The molecule has 7 nitrogen and oxygen atoms in total. The molecule has 2 rings (SSSR count). The molecule has 1 aromatic rings. The first-order valence-electron chi connectivity index (χ1n) is 8.28. The summed E-state index contributed by atoms with van der Waals surface area (Å²) < 4.78 is 36.9. The van der Waals surface area contributed by atoms with E-state index >= 15 is 0 Å². The Balaban J connectivity index is 2.92. The van der Waals surface area contributed by atoms with Crippen LogP contribution in [0.1, 0.15) is 46.1 Å². The predicted octanol–water partition coefficient (Wildman–Crippen LogP) is 3.79. The molecule has 0 spiro atoms. The van der Waals surface area contributed by atoms with E-state index in [2.05, 4.69) is 0 Å². The molecule has 142 valence electrons. The summed E-state index contributed by atoms with van der Waals surface area (Å²) in [6.07, 6.45) is 0.265. The second-order valence-corrected chi connectivity index (χ2v) is 10.4. The monoisotopic (exact) mass is 392 g/mol. The van der Waals surface area contributed by atoms with Gasteiger partial charge >= 0.3 is 15.2 Å². The Labute approximate surface area is 148 Å². The minimum atomic E-state index is -4.92. The van der Waals surface area contributed by atoms with Crippen molar-refractivity contribution in [3.05, 3.63) is 35.9 Å². The summed E-state index contributed by atoms with van der Waals surface area (Å²) in [5.41, 5.74) is -1.25. The van der Waals surface area contributed by atoms with Crippen LogP contribution in [0.5, 0.6) is 0 Å². The fraction of sp³-hybridized carbons (Fsp3) is 0.625. The number of benzene rings is 1. The Morgan fingerprint density at radius 2 is 1.68 bits per heavy atom. The number of hydrogen-bond acceptors (Lipinski definition) is 5. The highest BCUT2D eigenvalue weighted by molar-refractivity contribution is 7.59. The molecule has 0 aliphatic carbocycles. The van der Waals surface area contributed by atoms with Gasteiger partial charge in [-0.1, -0.05) is 44.2 Å². The van der Waals surface area contributed by atoms with E-state index in [9.17, 15) is 24.0 Å². The first-order valence-corrected chi connectivity index (χ1v) is 11.4. The van der Waals surface area contributed by atoms with Gasteiger partial charge in [-0.25, -0.2) is 0 Å². The summed E-state index contributed by atoms with van der Waals surface area (Å²) in [7, 11) is -9.24. The minimum Gasteiger partial charge on any atom is -0.373 e. The van der Waals surface area contributed by atoms with Crippen LogP contribution in [0.15, 0.2) is 30.3 Å². The van der Waals surface area contributed by atoms with Crippen molar-refractivity contribution >= 4 is 15.2 Å². The third-order valence-corrected chi connectivity index (χ3v) is 9.95. The fourth-order valence-corrected chi connectivity index (χ4v) is 8.84. The van der Waals surface area contributed by atoms with Crippen LogP contribution in [-0.4, -0.2) is 26.8 Å². The molecule has 1 aromatic carbocycles. The molecular weight excluding hydrogens is 366 g/mol. The van der Waals surface area contributed by atoms with Crippen LogP contribution in [0.4, 0.5) is 0 Å². The predicted molar refractivity (Wildman–Crippen MR) is 94.1 cm³/mol. The molecule has 3 atom stereocenters. The highest BCUT2D eigenvalue weighted by atomic mass is 31.2. The van der Waals surface area contributed by atoms with Crippen molar-refractivity contribution in [3.63, 3.8) is 0 Å².